The number of H-pyrrole nitrogens is 1. The summed E-state index contributed by atoms with van der Waals surface area (Å²) in [7, 11) is -1.79. The van der Waals surface area contributed by atoms with Crippen molar-refractivity contribution < 1.29 is 8.42 Å². The molecule has 18 heavy (non-hydrogen) atoms. The maximum absolute atomic E-state index is 12.4. The lowest BCUT2D eigenvalue weighted by molar-refractivity contribution is 0.296. The minimum Gasteiger partial charge on any atom is -0.332 e. The molecule has 0 unspecified atom stereocenters. The zero-order chi connectivity index (χ0) is 13.2. The third kappa shape index (κ3) is 2.57. The highest BCUT2D eigenvalue weighted by Crippen LogP contribution is 2.19. The quantitative estimate of drug-likeness (QED) is 0.829. The van der Waals surface area contributed by atoms with Gasteiger partial charge in [0.15, 0.2) is 5.03 Å². The average Bonchev–Trinajstić information content (AvgIpc) is 2.88. The smallest absolute Gasteiger partial charge is 0.260 e. The number of imidazole rings is 1. The molecule has 0 amide bonds. The van der Waals surface area contributed by atoms with E-state index in [9.17, 15) is 8.42 Å². The van der Waals surface area contributed by atoms with Crippen molar-refractivity contribution in [1.82, 2.24) is 19.6 Å². The van der Waals surface area contributed by atoms with Gasteiger partial charge in [0.05, 0.1) is 6.20 Å². The Hall–Kier alpha value is -0.920. The molecule has 0 bridgehead atoms. The molecular formula is C11H20N4O2S. The summed E-state index contributed by atoms with van der Waals surface area (Å²) in [5.41, 5.74) is 0. The summed E-state index contributed by atoms with van der Waals surface area (Å²) in [6, 6.07) is 0.0737. The highest BCUT2D eigenvalue weighted by atomic mass is 32.2. The third-order valence-corrected chi connectivity index (χ3v) is 5.24. The molecule has 7 heteroatoms. The Bertz CT molecular complexity index is 491. The van der Waals surface area contributed by atoms with Gasteiger partial charge < -0.3 is 10.3 Å². The Balaban J connectivity index is 2.18. The molecule has 0 saturated carbocycles. The Kier molecular flexibility index (Phi) is 4.04. The first-order valence-electron chi connectivity index (χ1n) is 6.28. The van der Waals surface area contributed by atoms with Gasteiger partial charge in [-0.05, 0) is 25.9 Å². The zero-order valence-electron chi connectivity index (χ0n) is 10.8. The summed E-state index contributed by atoms with van der Waals surface area (Å²) in [5, 5.41) is 3.43. The number of nitrogens with one attached hydrogen (secondary N) is 2. The molecule has 1 fully saturated rings. The van der Waals surface area contributed by atoms with Gasteiger partial charge in [0, 0.05) is 19.5 Å². The van der Waals surface area contributed by atoms with E-state index in [0.717, 1.165) is 25.9 Å². The Morgan fingerprint density at radius 2 is 2.11 bits per heavy atom. The molecule has 1 aliphatic heterocycles. The van der Waals surface area contributed by atoms with Crippen LogP contribution in [0.15, 0.2) is 11.2 Å². The Morgan fingerprint density at radius 3 is 2.67 bits per heavy atom. The summed E-state index contributed by atoms with van der Waals surface area (Å²) >= 11 is 0. The van der Waals surface area contributed by atoms with Gasteiger partial charge >= 0.3 is 0 Å². The normalized spacial score (nSPS) is 18.4. The number of aromatic nitrogens is 2. The number of aromatic amines is 1. The van der Waals surface area contributed by atoms with Crippen LogP contribution in [-0.4, -0.2) is 48.9 Å². The lowest BCUT2D eigenvalue weighted by atomic mass is 10.1. The van der Waals surface area contributed by atoms with Crippen molar-refractivity contribution in [3.63, 3.8) is 0 Å². The van der Waals surface area contributed by atoms with Gasteiger partial charge in [0.25, 0.3) is 10.0 Å². The van der Waals surface area contributed by atoms with E-state index in [4.69, 9.17) is 0 Å². The maximum Gasteiger partial charge on any atom is 0.260 e. The van der Waals surface area contributed by atoms with Crippen molar-refractivity contribution in [3.05, 3.63) is 12.0 Å². The van der Waals surface area contributed by atoms with Crippen molar-refractivity contribution in [2.45, 2.75) is 37.3 Å². The van der Waals surface area contributed by atoms with Crippen LogP contribution in [-0.2, 0) is 16.4 Å². The molecule has 0 atom stereocenters. The number of hydrogen-bond acceptors (Lipinski definition) is 4. The third-order valence-electron chi connectivity index (χ3n) is 3.42. The van der Waals surface area contributed by atoms with Crippen LogP contribution in [0.3, 0.4) is 0 Å². The van der Waals surface area contributed by atoms with E-state index < -0.39 is 10.0 Å². The number of piperidine rings is 1. The summed E-state index contributed by atoms with van der Waals surface area (Å²) in [6.45, 7) is 3.67. The predicted octanol–water partition coefficient (Wildman–Crippen LogP) is 0.345. The van der Waals surface area contributed by atoms with Gasteiger partial charge in [0.2, 0.25) is 0 Å². The van der Waals surface area contributed by atoms with Crippen LogP contribution in [0.4, 0.5) is 0 Å². The van der Waals surface area contributed by atoms with Crippen molar-refractivity contribution >= 4 is 10.0 Å². The van der Waals surface area contributed by atoms with Crippen LogP contribution in [0.25, 0.3) is 0 Å². The SMILES string of the molecule is CCc1ncc(S(=O)(=O)N(C)C2CCNCC2)[nH]1. The van der Waals surface area contributed by atoms with Gasteiger partial charge in [-0.25, -0.2) is 13.4 Å². The van der Waals surface area contributed by atoms with Crippen LogP contribution in [0.2, 0.25) is 0 Å². The highest BCUT2D eigenvalue weighted by Gasteiger charge is 2.30. The van der Waals surface area contributed by atoms with Gasteiger partial charge in [0.1, 0.15) is 5.82 Å². The molecule has 1 saturated heterocycles. The second-order valence-electron chi connectivity index (χ2n) is 4.55. The molecule has 102 valence electrons. The van der Waals surface area contributed by atoms with E-state index in [1.807, 2.05) is 6.92 Å². The largest absolute Gasteiger partial charge is 0.332 e. The number of nitrogens with zero attached hydrogens (tertiary/aromatic N) is 2. The van der Waals surface area contributed by atoms with Gasteiger partial charge in [-0.2, -0.15) is 4.31 Å². The predicted molar refractivity (Wildman–Crippen MR) is 68.8 cm³/mol. The number of rotatable bonds is 4. The van der Waals surface area contributed by atoms with E-state index >= 15 is 0 Å². The molecule has 0 radical (unpaired) electrons. The number of aryl methyl sites for hydroxylation is 1. The van der Waals surface area contributed by atoms with E-state index in [0.29, 0.717) is 12.2 Å². The lowest BCUT2D eigenvalue weighted by Gasteiger charge is -2.30. The van der Waals surface area contributed by atoms with Crippen molar-refractivity contribution in [2.24, 2.45) is 0 Å². The summed E-state index contributed by atoms with van der Waals surface area (Å²) in [5.74, 6) is 0.701. The van der Waals surface area contributed by atoms with Crippen LogP contribution in [0.1, 0.15) is 25.6 Å². The lowest BCUT2D eigenvalue weighted by Crippen LogP contribution is -2.43. The fourth-order valence-corrected chi connectivity index (χ4v) is 3.52. The minimum atomic E-state index is -3.44. The highest BCUT2D eigenvalue weighted by molar-refractivity contribution is 7.89. The fourth-order valence-electron chi connectivity index (χ4n) is 2.18. The first kappa shape index (κ1) is 13.5. The molecule has 1 aromatic heterocycles. The van der Waals surface area contributed by atoms with E-state index in [1.54, 1.807) is 7.05 Å². The molecule has 1 aliphatic rings. The summed E-state index contributed by atoms with van der Waals surface area (Å²) in [4.78, 5) is 6.92. The molecule has 6 nitrogen and oxygen atoms in total. The van der Waals surface area contributed by atoms with Crippen molar-refractivity contribution in [2.75, 3.05) is 20.1 Å². The summed E-state index contributed by atoms with van der Waals surface area (Å²) < 4.78 is 26.3. The minimum absolute atomic E-state index is 0.0737. The average molecular weight is 272 g/mol. The molecule has 0 aromatic carbocycles. The molecule has 1 aromatic rings. The first-order chi connectivity index (χ1) is 8.55. The molecule has 2 rings (SSSR count). The van der Waals surface area contributed by atoms with Crippen LogP contribution in [0, 0.1) is 0 Å². The molecule has 2 heterocycles. The Morgan fingerprint density at radius 1 is 1.44 bits per heavy atom. The van der Waals surface area contributed by atoms with Gasteiger partial charge in [-0.3, -0.25) is 0 Å². The molecule has 0 spiro atoms. The fraction of sp³-hybridized carbons (Fsp3) is 0.727. The van der Waals surface area contributed by atoms with Crippen LogP contribution < -0.4 is 5.32 Å². The van der Waals surface area contributed by atoms with Gasteiger partial charge in [-0.15, -0.1) is 0 Å². The standard InChI is InChI=1S/C11H20N4O2S/c1-3-10-13-8-11(14-10)18(16,17)15(2)9-4-6-12-7-5-9/h8-9,12H,3-7H2,1-2H3,(H,13,14). The molecule has 0 aliphatic carbocycles. The topological polar surface area (TPSA) is 78.1 Å². The van der Waals surface area contributed by atoms with Crippen LogP contribution in [0.5, 0.6) is 0 Å². The van der Waals surface area contributed by atoms with Crippen molar-refractivity contribution in [1.29, 1.82) is 0 Å². The monoisotopic (exact) mass is 272 g/mol. The van der Waals surface area contributed by atoms with E-state index in [2.05, 4.69) is 15.3 Å². The maximum atomic E-state index is 12.4. The Labute approximate surface area is 108 Å². The van der Waals surface area contributed by atoms with E-state index in [-0.39, 0.29) is 11.1 Å². The second kappa shape index (κ2) is 5.38. The zero-order valence-corrected chi connectivity index (χ0v) is 11.6. The first-order valence-corrected chi connectivity index (χ1v) is 7.72. The van der Waals surface area contributed by atoms with Crippen LogP contribution >= 0.6 is 0 Å². The van der Waals surface area contributed by atoms with Crippen molar-refractivity contribution in [3.8, 4) is 0 Å². The van der Waals surface area contributed by atoms with E-state index in [1.165, 1.54) is 10.5 Å². The number of sulfonamides is 1. The summed E-state index contributed by atoms with van der Waals surface area (Å²) in [6.07, 6.45) is 3.81. The van der Waals surface area contributed by atoms with Gasteiger partial charge in [-0.1, -0.05) is 6.92 Å². The molecule has 2 N–H and O–H groups in total. The molecular weight excluding hydrogens is 252 g/mol. The second-order valence-corrected chi connectivity index (χ2v) is 6.52. The number of hydrogen-bond donors (Lipinski definition) is 2.